The second-order valence-corrected chi connectivity index (χ2v) is 16.2. The van der Waals surface area contributed by atoms with Gasteiger partial charge in [-0.15, -0.1) is 0 Å². The van der Waals surface area contributed by atoms with Crippen LogP contribution in [0, 0.1) is 0 Å². The van der Waals surface area contributed by atoms with Gasteiger partial charge in [0.05, 0.1) is 18.8 Å². The molecule has 4 nitrogen and oxygen atoms in total. The number of hydrogen-bond donors (Lipinski definition) is 3. The Morgan fingerprint density at radius 3 is 1.12 bits per heavy atom. The van der Waals surface area contributed by atoms with Gasteiger partial charge in [0.25, 0.3) is 0 Å². The Labute approximate surface area is 320 Å². The molecule has 0 fully saturated rings. The molecule has 0 spiro atoms. The molecule has 0 aliphatic heterocycles. The fraction of sp³-hybridized carbons (Fsp3) is 0.936. The third kappa shape index (κ3) is 40.2. The molecule has 4 heteroatoms. The van der Waals surface area contributed by atoms with E-state index in [9.17, 15) is 15.0 Å². The van der Waals surface area contributed by atoms with Crippen molar-refractivity contribution in [2.24, 2.45) is 0 Å². The summed E-state index contributed by atoms with van der Waals surface area (Å²) in [5, 5.41) is 23.2. The molecule has 0 saturated carbocycles. The molecule has 0 rings (SSSR count). The maximum Gasteiger partial charge on any atom is 0.220 e. The average molecular weight is 720 g/mol. The summed E-state index contributed by atoms with van der Waals surface area (Å²) in [5.41, 5.74) is 0. The van der Waals surface area contributed by atoms with Crippen molar-refractivity contribution in [2.45, 2.75) is 276 Å². The van der Waals surface area contributed by atoms with Crippen LogP contribution in [-0.4, -0.2) is 34.9 Å². The summed E-state index contributed by atoms with van der Waals surface area (Å²) >= 11 is 0. The summed E-state index contributed by atoms with van der Waals surface area (Å²) in [6, 6.07) is -0.536. The van der Waals surface area contributed by atoms with Crippen LogP contribution in [0.5, 0.6) is 0 Å². The lowest BCUT2D eigenvalue weighted by molar-refractivity contribution is -0.123. The Kier molecular flexibility index (Phi) is 42.8. The average Bonchev–Trinajstić information content (AvgIpc) is 3.13. The van der Waals surface area contributed by atoms with E-state index in [-0.39, 0.29) is 12.5 Å². The molecule has 51 heavy (non-hydrogen) atoms. The summed E-state index contributed by atoms with van der Waals surface area (Å²) in [7, 11) is 0. The molecule has 3 N–H and O–H groups in total. The molecular formula is C47H93NO3. The summed E-state index contributed by atoms with van der Waals surface area (Å²) < 4.78 is 0. The number of nitrogens with one attached hydrogen (secondary N) is 1. The number of rotatable bonds is 43. The molecule has 2 atom stereocenters. The van der Waals surface area contributed by atoms with Crippen LogP contribution in [0.25, 0.3) is 0 Å². The van der Waals surface area contributed by atoms with E-state index in [1.54, 1.807) is 0 Å². The van der Waals surface area contributed by atoms with Crippen molar-refractivity contribution in [3.05, 3.63) is 12.2 Å². The minimum absolute atomic E-state index is 0.0386. The normalized spacial score (nSPS) is 12.9. The second-order valence-electron chi connectivity index (χ2n) is 16.2. The second kappa shape index (κ2) is 43.5. The number of carbonyl (C=O) groups excluding carboxylic acids is 1. The first-order valence-electron chi connectivity index (χ1n) is 23.4. The van der Waals surface area contributed by atoms with Crippen LogP contribution in [-0.2, 0) is 4.79 Å². The van der Waals surface area contributed by atoms with E-state index in [0.717, 1.165) is 25.7 Å². The lowest BCUT2D eigenvalue weighted by Crippen LogP contribution is -2.45. The highest BCUT2D eigenvalue weighted by molar-refractivity contribution is 5.76. The first-order chi connectivity index (χ1) is 25.2. The van der Waals surface area contributed by atoms with Gasteiger partial charge in [-0.25, -0.2) is 0 Å². The molecule has 0 aliphatic carbocycles. The highest BCUT2D eigenvalue weighted by Crippen LogP contribution is 2.17. The maximum absolute atomic E-state index is 12.4. The fourth-order valence-electron chi connectivity index (χ4n) is 7.42. The number of unbranched alkanes of at least 4 members (excludes halogenated alkanes) is 34. The number of amides is 1. The smallest absolute Gasteiger partial charge is 0.220 e. The molecular weight excluding hydrogens is 627 g/mol. The number of aliphatic hydroxyl groups is 2. The van der Waals surface area contributed by atoms with Crippen molar-refractivity contribution >= 4 is 5.91 Å². The van der Waals surface area contributed by atoms with Gasteiger partial charge in [0, 0.05) is 6.42 Å². The quantitative estimate of drug-likeness (QED) is 0.0434. The Hall–Kier alpha value is -0.870. The van der Waals surface area contributed by atoms with E-state index in [0.29, 0.717) is 12.8 Å². The molecule has 304 valence electrons. The van der Waals surface area contributed by atoms with Gasteiger partial charge in [0.2, 0.25) is 5.91 Å². The predicted octanol–water partition coefficient (Wildman–Crippen LogP) is 14.6. The van der Waals surface area contributed by atoms with Gasteiger partial charge in [-0.2, -0.15) is 0 Å². The molecule has 0 aromatic carbocycles. The van der Waals surface area contributed by atoms with Gasteiger partial charge in [0.1, 0.15) is 0 Å². The van der Waals surface area contributed by atoms with Crippen LogP contribution >= 0.6 is 0 Å². The van der Waals surface area contributed by atoms with Crippen LogP contribution in [0.4, 0.5) is 0 Å². The molecule has 0 bridgehead atoms. The van der Waals surface area contributed by atoms with E-state index in [1.807, 2.05) is 0 Å². The minimum atomic E-state index is -0.659. The summed E-state index contributed by atoms with van der Waals surface area (Å²) in [4.78, 5) is 12.4. The topological polar surface area (TPSA) is 69.6 Å². The zero-order valence-electron chi connectivity index (χ0n) is 34.9. The molecule has 2 unspecified atom stereocenters. The van der Waals surface area contributed by atoms with Gasteiger partial charge < -0.3 is 15.5 Å². The summed E-state index contributed by atoms with van der Waals surface area (Å²) in [5.74, 6) is -0.0386. The van der Waals surface area contributed by atoms with E-state index in [1.165, 1.54) is 212 Å². The van der Waals surface area contributed by atoms with Crippen LogP contribution in [0.2, 0.25) is 0 Å². The van der Waals surface area contributed by atoms with Crippen molar-refractivity contribution in [3.8, 4) is 0 Å². The first kappa shape index (κ1) is 50.1. The van der Waals surface area contributed by atoms with Crippen molar-refractivity contribution in [3.63, 3.8) is 0 Å². The van der Waals surface area contributed by atoms with Gasteiger partial charge in [-0.05, 0) is 38.5 Å². The molecule has 0 aromatic rings. The van der Waals surface area contributed by atoms with E-state index in [2.05, 4.69) is 31.3 Å². The Morgan fingerprint density at radius 2 is 0.745 bits per heavy atom. The van der Waals surface area contributed by atoms with Crippen LogP contribution in [0.3, 0.4) is 0 Å². The number of aliphatic hydroxyl groups excluding tert-OH is 2. The fourth-order valence-corrected chi connectivity index (χ4v) is 7.42. The van der Waals surface area contributed by atoms with Gasteiger partial charge in [-0.1, -0.05) is 231 Å². The molecule has 0 radical (unpaired) electrons. The molecule has 0 aromatic heterocycles. The zero-order chi connectivity index (χ0) is 37.1. The first-order valence-corrected chi connectivity index (χ1v) is 23.4. The Morgan fingerprint density at radius 1 is 0.451 bits per heavy atom. The largest absolute Gasteiger partial charge is 0.394 e. The summed E-state index contributed by atoms with van der Waals surface area (Å²) in [6.45, 7) is 4.35. The van der Waals surface area contributed by atoms with Crippen LogP contribution in [0.1, 0.15) is 264 Å². The van der Waals surface area contributed by atoms with E-state index in [4.69, 9.17) is 0 Å². The molecule has 1 amide bonds. The third-order valence-electron chi connectivity index (χ3n) is 11.0. The molecule has 0 heterocycles. The number of hydrogen-bond acceptors (Lipinski definition) is 3. The monoisotopic (exact) mass is 720 g/mol. The van der Waals surface area contributed by atoms with Crippen molar-refractivity contribution in [1.29, 1.82) is 0 Å². The van der Waals surface area contributed by atoms with E-state index < -0.39 is 12.1 Å². The molecule has 0 aliphatic rings. The predicted molar refractivity (Wildman–Crippen MR) is 226 cm³/mol. The van der Waals surface area contributed by atoms with E-state index >= 15 is 0 Å². The Balaban J connectivity index is 3.41. The number of allylic oxidation sites excluding steroid dienone is 2. The number of carbonyl (C=O) groups is 1. The SMILES string of the molecule is CCCCC/C=C\CCCCCCCC(=O)NC(CO)C(O)CCCCCCCCCCCCCCCCCCCCCCCCCCCCC. The molecule has 0 saturated heterocycles. The lowest BCUT2D eigenvalue weighted by atomic mass is 10.0. The highest BCUT2D eigenvalue weighted by Gasteiger charge is 2.20. The van der Waals surface area contributed by atoms with Crippen LogP contribution < -0.4 is 5.32 Å². The van der Waals surface area contributed by atoms with Gasteiger partial charge in [0.15, 0.2) is 0 Å². The maximum atomic E-state index is 12.4. The van der Waals surface area contributed by atoms with Crippen molar-refractivity contribution in [1.82, 2.24) is 5.32 Å². The Bertz CT molecular complexity index is 695. The lowest BCUT2D eigenvalue weighted by Gasteiger charge is -2.22. The highest BCUT2D eigenvalue weighted by atomic mass is 16.3. The standard InChI is InChI=1S/C47H93NO3/c1-3-5-7-9-11-13-15-17-18-19-20-21-22-23-24-25-26-27-28-29-30-31-32-34-36-38-40-42-46(50)45(44-49)48-47(51)43-41-39-37-35-33-16-14-12-10-8-6-4-2/h12,14,45-46,49-50H,3-11,13,15-44H2,1-2H3,(H,48,51)/b14-12-. The van der Waals surface area contributed by atoms with Crippen molar-refractivity contribution in [2.75, 3.05) is 6.61 Å². The third-order valence-corrected chi connectivity index (χ3v) is 11.0. The van der Waals surface area contributed by atoms with Gasteiger partial charge in [-0.3, -0.25) is 4.79 Å². The summed E-state index contributed by atoms with van der Waals surface area (Å²) in [6.07, 6.45) is 54.5. The van der Waals surface area contributed by atoms with Gasteiger partial charge >= 0.3 is 0 Å². The van der Waals surface area contributed by atoms with Crippen molar-refractivity contribution < 1.29 is 15.0 Å². The minimum Gasteiger partial charge on any atom is -0.394 e. The zero-order valence-corrected chi connectivity index (χ0v) is 34.9. The van der Waals surface area contributed by atoms with Crippen LogP contribution in [0.15, 0.2) is 12.2 Å².